The third-order valence-corrected chi connectivity index (χ3v) is 5.65. The van der Waals surface area contributed by atoms with E-state index in [1.165, 1.54) is 12.5 Å². The lowest BCUT2D eigenvalue weighted by molar-refractivity contribution is -0.138. The van der Waals surface area contributed by atoms with Crippen molar-refractivity contribution in [3.8, 4) is 0 Å². The molecule has 1 aromatic rings. The SMILES string of the molecule is O=C(c1ccoc1)N1CCC(C(=O)N(C[C@H]2CCOC2)C2CC2)CC1. The van der Waals surface area contributed by atoms with Gasteiger partial charge in [-0.1, -0.05) is 0 Å². The van der Waals surface area contributed by atoms with Gasteiger partial charge < -0.3 is 19.0 Å². The molecule has 6 heteroatoms. The molecule has 1 aromatic heterocycles. The summed E-state index contributed by atoms with van der Waals surface area (Å²) in [7, 11) is 0. The highest BCUT2D eigenvalue weighted by atomic mass is 16.5. The number of carbonyl (C=O) groups is 2. The Bertz CT molecular complexity index is 597. The first-order chi connectivity index (χ1) is 12.2. The molecule has 2 aliphatic heterocycles. The molecule has 4 rings (SSSR count). The van der Waals surface area contributed by atoms with E-state index in [1.807, 2.05) is 4.90 Å². The van der Waals surface area contributed by atoms with Crippen molar-refractivity contribution in [1.29, 1.82) is 0 Å². The molecule has 0 radical (unpaired) electrons. The summed E-state index contributed by atoms with van der Waals surface area (Å²) in [5, 5.41) is 0. The van der Waals surface area contributed by atoms with E-state index < -0.39 is 0 Å². The fourth-order valence-electron chi connectivity index (χ4n) is 3.94. The smallest absolute Gasteiger partial charge is 0.257 e. The second-order valence-electron chi connectivity index (χ2n) is 7.53. The maximum atomic E-state index is 13.0. The molecule has 3 heterocycles. The number of piperidine rings is 1. The molecular weight excluding hydrogens is 320 g/mol. The normalized spacial score (nSPS) is 24.5. The van der Waals surface area contributed by atoms with E-state index in [-0.39, 0.29) is 11.8 Å². The van der Waals surface area contributed by atoms with Crippen molar-refractivity contribution >= 4 is 11.8 Å². The highest BCUT2D eigenvalue weighted by molar-refractivity contribution is 5.94. The summed E-state index contributed by atoms with van der Waals surface area (Å²) in [6.45, 7) is 3.74. The molecule has 2 saturated heterocycles. The Hall–Kier alpha value is -1.82. The number of hydrogen-bond donors (Lipinski definition) is 0. The number of furan rings is 1. The van der Waals surface area contributed by atoms with Crippen molar-refractivity contribution in [3.63, 3.8) is 0 Å². The third-order valence-electron chi connectivity index (χ3n) is 5.65. The number of nitrogens with zero attached hydrogens (tertiary/aromatic N) is 2. The van der Waals surface area contributed by atoms with Crippen molar-refractivity contribution in [3.05, 3.63) is 24.2 Å². The Morgan fingerprint density at radius 1 is 1.16 bits per heavy atom. The van der Waals surface area contributed by atoms with Crippen LogP contribution in [0.25, 0.3) is 0 Å². The van der Waals surface area contributed by atoms with Crippen molar-refractivity contribution in [2.45, 2.75) is 38.1 Å². The number of likely N-dealkylation sites (tertiary alicyclic amines) is 1. The minimum Gasteiger partial charge on any atom is -0.472 e. The molecule has 0 spiro atoms. The van der Waals surface area contributed by atoms with Gasteiger partial charge in [0.2, 0.25) is 5.91 Å². The molecular formula is C19H26N2O4. The maximum Gasteiger partial charge on any atom is 0.257 e. The first kappa shape index (κ1) is 16.6. The largest absolute Gasteiger partial charge is 0.472 e. The Morgan fingerprint density at radius 2 is 1.96 bits per heavy atom. The Morgan fingerprint density at radius 3 is 2.56 bits per heavy atom. The predicted octanol–water partition coefficient (Wildman–Crippen LogP) is 2.16. The van der Waals surface area contributed by atoms with E-state index in [0.29, 0.717) is 36.5 Å². The van der Waals surface area contributed by atoms with Gasteiger partial charge in [0.15, 0.2) is 0 Å². The van der Waals surface area contributed by atoms with Gasteiger partial charge >= 0.3 is 0 Å². The zero-order valence-electron chi connectivity index (χ0n) is 14.6. The van der Waals surface area contributed by atoms with E-state index in [2.05, 4.69) is 4.90 Å². The van der Waals surface area contributed by atoms with Crippen LogP contribution in [-0.4, -0.2) is 60.5 Å². The monoisotopic (exact) mass is 346 g/mol. The fraction of sp³-hybridized carbons (Fsp3) is 0.684. The van der Waals surface area contributed by atoms with Crippen LogP contribution in [0.1, 0.15) is 42.5 Å². The summed E-state index contributed by atoms with van der Waals surface area (Å²) in [6.07, 6.45) is 7.85. The molecule has 0 aromatic carbocycles. The van der Waals surface area contributed by atoms with Crippen LogP contribution >= 0.6 is 0 Å². The van der Waals surface area contributed by atoms with Crippen molar-refractivity contribution in [2.75, 3.05) is 32.8 Å². The number of amides is 2. The van der Waals surface area contributed by atoms with Gasteiger partial charge in [-0.2, -0.15) is 0 Å². The van der Waals surface area contributed by atoms with Crippen LogP contribution in [0.5, 0.6) is 0 Å². The van der Waals surface area contributed by atoms with E-state index in [9.17, 15) is 9.59 Å². The van der Waals surface area contributed by atoms with E-state index in [0.717, 1.165) is 51.9 Å². The zero-order valence-corrected chi connectivity index (χ0v) is 14.6. The Kier molecular flexibility index (Phi) is 4.79. The molecule has 3 fully saturated rings. The van der Waals surface area contributed by atoms with Crippen molar-refractivity contribution in [1.82, 2.24) is 9.80 Å². The van der Waals surface area contributed by atoms with E-state index >= 15 is 0 Å². The highest BCUT2D eigenvalue weighted by Crippen LogP contribution is 2.32. The van der Waals surface area contributed by atoms with Crippen LogP contribution in [0.3, 0.4) is 0 Å². The fourth-order valence-corrected chi connectivity index (χ4v) is 3.94. The van der Waals surface area contributed by atoms with Gasteiger partial charge in [-0.05, 0) is 38.2 Å². The van der Waals surface area contributed by atoms with E-state index in [4.69, 9.17) is 9.15 Å². The summed E-state index contributed by atoms with van der Waals surface area (Å²) in [5.41, 5.74) is 0.589. The minimum atomic E-state index is 0.00167. The highest BCUT2D eigenvalue weighted by Gasteiger charge is 2.38. The number of rotatable bonds is 5. The lowest BCUT2D eigenvalue weighted by atomic mass is 9.94. The summed E-state index contributed by atoms with van der Waals surface area (Å²) in [5.74, 6) is 0.843. The first-order valence-corrected chi connectivity index (χ1v) is 9.42. The zero-order chi connectivity index (χ0) is 17.2. The second-order valence-corrected chi connectivity index (χ2v) is 7.53. The van der Waals surface area contributed by atoms with Gasteiger partial charge in [0.05, 0.1) is 18.4 Å². The topological polar surface area (TPSA) is 63.0 Å². The second kappa shape index (κ2) is 7.20. The van der Waals surface area contributed by atoms with Crippen molar-refractivity contribution in [2.24, 2.45) is 11.8 Å². The van der Waals surface area contributed by atoms with Gasteiger partial charge in [0, 0.05) is 44.1 Å². The van der Waals surface area contributed by atoms with Crippen LogP contribution in [-0.2, 0) is 9.53 Å². The van der Waals surface area contributed by atoms with Gasteiger partial charge in [-0.3, -0.25) is 9.59 Å². The molecule has 2 amide bonds. The molecule has 1 aliphatic carbocycles. The standard InChI is InChI=1S/C19H26N2O4/c22-18(16-6-10-25-13-16)20-7-3-15(4-8-20)19(23)21(17-1-2-17)11-14-5-9-24-12-14/h6,10,13-15,17H,1-5,7-9,11-12H2/t14-/m1/s1. The quantitative estimate of drug-likeness (QED) is 0.820. The molecule has 25 heavy (non-hydrogen) atoms. The van der Waals surface area contributed by atoms with Gasteiger partial charge in [-0.15, -0.1) is 0 Å². The number of ether oxygens (including phenoxy) is 1. The van der Waals surface area contributed by atoms with Crippen molar-refractivity contribution < 1.29 is 18.7 Å². The molecule has 6 nitrogen and oxygen atoms in total. The molecule has 0 bridgehead atoms. The number of hydrogen-bond acceptors (Lipinski definition) is 4. The Labute approximate surface area is 148 Å². The van der Waals surface area contributed by atoms with Crippen LogP contribution in [0.2, 0.25) is 0 Å². The third kappa shape index (κ3) is 3.73. The first-order valence-electron chi connectivity index (χ1n) is 9.42. The summed E-state index contributed by atoms with van der Waals surface area (Å²) in [4.78, 5) is 29.4. The summed E-state index contributed by atoms with van der Waals surface area (Å²) in [6, 6.07) is 2.14. The van der Waals surface area contributed by atoms with Crippen LogP contribution in [0, 0.1) is 11.8 Å². The lowest BCUT2D eigenvalue weighted by Crippen LogP contribution is -2.46. The van der Waals surface area contributed by atoms with Gasteiger partial charge in [0.25, 0.3) is 5.91 Å². The molecule has 0 N–H and O–H groups in total. The number of carbonyl (C=O) groups excluding carboxylic acids is 2. The predicted molar refractivity (Wildman–Crippen MR) is 91.0 cm³/mol. The average Bonchev–Trinajstić information content (AvgIpc) is 3.13. The van der Waals surface area contributed by atoms with Gasteiger partial charge in [-0.25, -0.2) is 0 Å². The van der Waals surface area contributed by atoms with E-state index in [1.54, 1.807) is 6.07 Å². The van der Waals surface area contributed by atoms with Crippen LogP contribution in [0.15, 0.2) is 23.0 Å². The molecule has 136 valence electrons. The van der Waals surface area contributed by atoms with Crippen LogP contribution < -0.4 is 0 Å². The summed E-state index contributed by atoms with van der Waals surface area (Å²) >= 11 is 0. The Balaban J connectivity index is 1.32. The molecule has 1 saturated carbocycles. The lowest BCUT2D eigenvalue weighted by Gasteiger charge is -2.35. The summed E-state index contributed by atoms with van der Waals surface area (Å²) < 4.78 is 10.5. The van der Waals surface area contributed by atoms with Gasteiger partial charge in [0.1, 0.15) is 6.26 Å². The average molecular weight is 346 g/mol. The maximum absolute atomic E-state index is 13.0. The van der Waals surface area contributed by atoms with Crippen LogP contribution in [0.4, 0.5) is 0 Å². The molecule has 3 aliphatic rings. The molecule has 1 atom stereocenters. The minimum absolute atomic E-state index is 0.00167. The molecule has 0 unspecified atom stereocenters.